The van der Waals surface area contributed by atoms with Crippen molar-refractivity contribution in [3.8, 4) is 0 Å². The van der Waals surface area contributed by atoms with Crippen LogP contribution in [0.4, 0.5) is 5.69 Å². The van der Waals surface area contributed by atoms with Gasteiger partial charge in [0.15, 0.2) is 0 Å². The number of aliphatic carboxylic acids is 1. The molecule has 0 saturated heterocycles. The van der Waals surface area contributed by atoms with Crippen LogP contribution in [0.2, 0.25) is 0 Å². The van der Waals surface area contributed by atoms with E-state index in [1.807, 2.05) is 30.3 Å². The topological polar surface area (TPSA) is 88.4 Å². The number of nitrogens with zero attached hydrogens (tertiary/aromatic N) is 1. The summed E-state index contributed by atoms with van der Waals surface area (Å²) in [5.74, 6) is -1.97. The van der Waals surface area contributed by atoms with E-state index in [0.717, 1.165) is 5.56 Å². The summed E-state index contributed by atoms with van der Waals surface area (Å²) in [7, 11) is 0. The Bertz CT molecular complexity index is 829. The number of rotatable bonds is 5. The van der Waals surface area contributed by atoms with E-state index in [1.54, 1.807) is 22.9 Å². The molecule has 0 bridgehead atoms. The Kier molecular flexibility index (Phi) is 4.97. The van der Waals surface area contributed by atoms with Crippen LogP contribution in [0.15, 0.2) is 53.5 Å². The van der Waals surface area contributed by atoms with Crippen LogP contribution >= 0.6 is 0 Å². The minimum Gasteiger partial charge on any atom is -0.481 e. The molecule has 1 heterocycles. The Morgan fingerprint density at radius 2 is 1.80 bits per heavy atom. The van der Waals surface area contributed by atoms with Crippen LogP contribution in [0.5, 0.6) is 0 Å². The second kappa shape index (κ2) is 7.34. The number of hydrogen-bond acceptors (Lipinski definition) is 3. The quantitative estimate of drug-likeness (QED) is 0.874. The second-order valence-corrected chi connectivity index (χ2v) is 6.37. The van der Waals surface area contributed by atoms with Crippen LogP contribution < -0.4 is 10.9 Å². The van der Waals surface area contributed by atoms with Gasteiger partial charge >= 0.3 is 5.97 Å². The van der Waals surface area contributed by atoms with Crippen LogP contribution in [-0.2, 0) is 16.1 Å². The first-order chi connectivity index (χ1) is 12.0. The summed E-state index contributed by atoms with van der Waals surface area (Å²) in [4.78, 5) is 35.9. The van der Waals surface area contributed by atoms with Gasteiger partial charge in [0.25, 0.3) is 5.56 Å². The molecule has 130 valence electrons. The summed E-state index contributed by atoms with van der Waals surface area (Å²) in [5.41, 5.74) is 0.947. The van der Waals surface area contributed by atoms with Gasteiger partial charge in [-0.2, -0.15) is 0 Å². The molecular weight excluding hydrogens is 320 g/mol. The molecule has 1 amide bonds. The Morgan fingerprint density at radius 1 is 1.08 bits per heavy atom. The normalized spacial score (nSPS) is 19.5. The third-order valence-corrected chi connectivity index (χ3v) is 4.63. The molecule has 1 aromatic heterocycles. The number of carbonyl (C=O) groups is 2. The SMILES string of the molecule is O=C(O)[C@@H]1CC[C@H](C(=O)Nc2cccn(Cc3ccccc3)c2=O)C1. The average molecular weight is 340 g/mol. The molecule has 25 heavy (non-hydrogen) atoms. The lowest BCUT2D eigenvalue weighted by Crippen LogP contribution is -2.28. The number of pyridine rings is 1. The summed E-state index contributed by atoms with van der Waals surface area (Å²) in [6.45, 7) is 0.425. The van der Waals surface area contributed by atoms with Crippen LogP contribution in [0.25, 0.3) is 0 Å². The molecule has 2 aromatic rings. The average Bonchev–Trinajstić information content (AvgIpc) is 3.10. The maximum atomic E-state index is 12.6. The number of anilines is 1. The van der Waals surface area contributed by atoms with Gasteiger partial charge in [0.05, 0.1) is 12.5 Å². The largest absolute Gasteiger partial charge is 0.481 e. The van der Waals surface area contributed by atoms with Gasteiger partial charge < -0.3 is 15.0 Å². The van der Waals surface area contributed by atoms with Gasteiger partial charge in [-0.05, 0) is 37.0 Å². The number of carbonyl (C=O) groups excluding carboxylic acids is 1. The van der Waals surface area contributed by atoms with Crippen molar-refractivity contribution in [2.24, 2.45) is 11.8 Å². The zero-order valence-corrected chi connectivity index (χ0v) is 13.7. The first-order valence-electron chi connectivity index (χ1n) is 8.31. The Hall–Kier alpha value is -2.89. The molecule has 1 aliphatic carbocycles. The molecule has 1 saturated carbocycles. The summed E-state index contributed by atoms with van der Waals surface area (Å²) in [5, 5.41) is 11.7. The lowest BCUT2D eigenvalue weighted by atomic mass is 10.0. The van der Waals surface area contributed by atoms with Crippen LogP contribution in [0, 0.1) is 11.8 Å². The van der Waals surface area contributed by atoms with E-state index >= 15 is 0 Å². The fourth-order valence-corrected chi connectivity index (χ4v) is 3.22. The van der Waals surface area contributed by atoms with Crippen molar-refractivity contribution < 1.29 is 14.7 Å². The van der Waals surface area contributed by atoms with Crippen molar-refractivity contribution in [1.29, 1.82) is 0 Å². The van der Waals surface area contributed by atoms with E-state index in [2.05, 4.69) is 5.32 Å². The number of carboxylic acids is 1. The molecule has 0 radical (unpaired) electrons. The molecule has 2 atom stereocenters. The van der Waals surface area contributed by atoms with E-state index < -0.39 is 11.9 Å². The molecule has 0 spiro atoms. The van der Waals surface area contributed by atoms with Crippen molar-refractivity contribution in [3.63, 3.8) is 0 Å². The molecule has 1 aliphatic rings. The van der Waals surface area contributed by atoms with Crippen molar-refractivity contribution in [3.05, 3.63) is 64.6 Å². The third-order valence-electron chi connectivity index (χ3n) is 4.63. The van der Waals surface area contributed by atoms with Crippen LogP contribution in [0.1, 0.15) is 24.8 Å². The highest BCUT2D eigenvalue weighted by Gasteiger charge is 2.34. The fourth-order valence-electron chi connectivity index (χ4n) is 3.22. The standard InChI is InChI=1S/C19H20N2O4/c22-17(14-8-9-15(11-14)19(24)25)20-16-7-4-10-21(18(16)23)12-13-5-2-1-3-6-13/h1-7,10,14-15H,8-9,11-12H2,(H,20,22)(H,24,25)/t14-,15+/m0/s1. The van der Waals surface area contributed by atoms with Gasteiger partial charge in [0.1, 0.15) is 5.69 Å². The predicted octanol–water partition coefficient (Wildman–Crippen LogP) is 2.34. The van der Waals surface area contributed by atoms with Gasteiger partial charge in [-0.1, -0.05) is 30.3 Å². The highest BCUT2D eigenvalue weighted by molar-refractivity contribution is 5.93. The zero-order valence-electron chi connectivity index (χ0n) is 13.7. The smallest absolute Gasteiger partial charge is 0.306 e. The summed E-state index contributed by atoms with van der Waals surface area (Å²) < 4.78 is 1.54. The number of carboxylic acid groups (broad SMARTS) is 1. The third kappa shape index (κ3) is 3.96. The number of nitrogens with one attached hydrogen (secondary N) is 1. The van der Waals surface area contributed by atoms with Crippen molar-refractivity contribution in [2.45, 2.75) is 25.8 Å². The first kappa shape index (κ1) is 17.0. The van der Waals surface area contributed by atoms with Crippen molar-refractivity contribution >= 4 is 17.6 Å². The zero-order chi connectivity index (χ0) is 17.8. The monoisotopic (exact) mass is 340 g/mol. The van der Waals surface area contributed by atoms with Crippen molar-refractivity contribution in [1.82, 2.24) is 4.57 Å². The van der Waals surface area contributed by atoms with E-state index in [4.69, 9.17) is 5.11 Å². The van der Waals surface area contributed by atoms with E-state index in [-0.39, 0.29) is 23.1 Å². The predicted molar refractivity (Wildman–Crippen MR) is 93.3 cm³/mol. The molecule has 2 N–H and O–H groups in total. The summed E-state index contributed by atoms with van der Waals surface area (Å²) in [6.07, 6.45) is 3.04. The van der Waals surface area contributed by atoms with Gasteiger partial charge in [-0.3, -0.25) is 14.4 Å². The molecule has 1 fully saturated rings. The Balaban J connectivity index is 1.71. The lowest BCUT2D eigenvalue weighted by molar-refractivity contribution is -0.141. The molecular formula is C19H20N2O4. The fraction of sp³-hybridized carbons (Fsp3) is 0.316. The number of benzene rings is 1. The molecule has 6 heteroatoms. The molecule has 3 rings (SSSR count). The number of aromatic nitrogens is 1. The summed E-state index contributed by atoms with van der Waals surface area (Å²) >= 11 is 0. The first-order valence-corrected chi connectivity index (χ1v) is 8.31. The van der Waals surface area contributed by atoms with Gasteiger partial charge in [0, 0.05) is 12.1 Å². The number of hydrogen-bond donors (Lipinski definition) is 2. The molecule has 0 aliphatic heterocycles. The highest BCUT2D eigenvalue weighted by Crippen LogP contribution is 2.31. The van der Waals surface area contributed by atoms with Crippen molar-refractivity contribution in [2.75, 3.05) is 5.32 Å². The van der Waals surface area contributed by atoms with E-state index in [0.29, 0.717) is 25.8 Å². The van der Waals surface area contributed by atoms with Crippen LogP contribution in [-0.4, -0.2) is 21.6 Å². The summed E-state index contributed by atoms with van der Waals surface area (Å²) in [6, 6.07) is 12.9. The Morgan fingerprint density at radius 3 is 2.48 bits per heavy atom. The van der Waals surface area contributed by atoms with Gasteiger partial charge in [0.2, 0.25) is 5.91 Å². The maximum Gasteiger partial charge on any atom is 0.306 e. The lowest BCUT2D eigenvalue weighted by Gasteiger charge is -2.12. The molecule has 1 aromatic carbocycles. The highest BCUT2D eigenvalue weighted by atomic mass is 16.4. The maximum absolute atomic E-state index is 12.6. The minimum atomic E-state index is -0.861. The molecule has 0 unspecified atom stereocenters. The van der Waals surface area contributed by atoms with Gasteiger partial charge in [-0.25, -0.2) is 0 Å². The number of amides is 1. The molecule has 6 nitrogen and oxygen atoms in total. The van der Waals surface area contributed by atoms with Gasteiger partial charge in [-0.15, -0.1) is 0 Å². The van der Waals surface area contributed by atoms with Crippen LogP contribution in [0.3, 0.4) is 0 Å². The van der Waals surface area contributed by atoms with E-state index in [1.165, 1.54) is 0 Å². The second-order valence-electron chi connectivity index (χ2n) is 6.37. The Labute approximate surface area is 145 Å². The minimum absolute atomic E-state index is 0.224. The van der Waals surface area contributed by atoms with E-state index in [9.17, 15) is 14.4 Å².